The van der Waals surface area contributed by atoms with Crippen LogP contribution in [-0.2, 0) is 0 Å². The summed E-state index contributed by atoms with van der Waals surface area (Å²) in [6.07, 6.45) is 1.25. The molecule has 0 aliphatic carbocycles. The Morgan fingerprint density at radius 1 is 0.444 bits per heavy atom. The highest BCUT2D eigenvalue weighted by molar-refractivity contribution is 4.39. The molecule has 0 saturated heterocycles. The van der Waals surface area contributed by atoms with E-state index in [0.717, 1.165) is 19.6 Å². The third kappa shape index (κ3) is 1740. The molecule has 2 heteroatoms. The first-order chi connectivity index (χ1) is 13.3. The van der Waals surface area contributed by atoms with E-state index in [1.165, 1.54) is 6.42 Å². The molecule has 0 spiro atoms. The van der Waals surface area contributed by atoms with Gasteiger partial charge in [-0.3, -0.25) is 0 Å². The molecular formula is C25H74N2. The highest BCUT2D eigenvalue weighted by atomic mass is 14.9. The molecule has 0 atom stereocenters. The molecule has 0 aliphatic heterocycles. The Kier molecular flexibility index (Phi) is 1760. The van der Waals surface area contributed by atoms with Gasteiger partial charge in [0.2, 0.25) is 0 Å². The van der Waals surface area contributed by atoms with Gasteiger partial charge < -0.3 is 11.1 Å². The molecule has 0 fully saturated rings. The van der Waals surface area contributed by atoms with Crippen LogP contribution in [0.25, 0.3) is 0 Å². The van der Waals surface area contributed by atoms with Gasteiger partial charge in [0.15, 0.2) is 0 Å². The molecule has 27 heavy (non-hydrogen) atoms. The molecule has 2 nitrogen and oxygen atoms in total. The van der Waals surface area contributed by atoms with Crippen LogP contribution in [0.5, 0.6) is 0 Å². The van der Waals surface area contributed by atoms with Gasteiger partial charge in [0.25, 0.3) is 0 Å². The molecule has 0 unspecified atom stereocenters. The topological polar surface area (TPSA) is 38.0 Å². The Bertz CT molecular complexity index is 29.5. The second-order valence-corrected chi connectivity index (χ2v) is 1.85. The zero-order valence-electron chi connectivity index (χ0n) is 24.9. The molecule has 0 aromatic heterocycles. The second-order valence-electron chi connectivity index (χ2n) is 1.85. The Morgan fingerprint density at radius 2 is 0.593 bits per heavy atom. The summed E-state index contributed by atoms with van der Waals surface area (Å²) in [6.45, 7) is 45.0. The molecule has 0 heterocycles. The van der Waals surface area contributed by atoms with Gasteiger partial charge in [-0.2, -0.15) is 0 Å². The van der Waals surface area contributed by atoms with Crippen molar-refractivity contribution in [2.45, 2.75) is 152 Å². The van der Waals surface area contributed by atoms with Crippen LogP contribution in [0.3, 0.4) is 0 Å². The maximum atomic E-state index is 5.15. The first-order valence-corrected chi connectivity index (χ1v) is 12.7. The fraction of sp³-hybridized carbons (Fsp3) is 1.00. The molecular weight excluding hydrogens is 328 g/mol. The van der Waals surface area contributed by atoms with Gasteiger partial charge >= 0.3 is 0 Å². The van der Waals surface area contributed by atoms with Crippen molar-refractivity contribution < 1.29 is 0 Å². The van der Waals surface area contributed by atoms with Crippen molar-refractivity contribution in [2.24, 2.45) is 5.73 Å². The van der Waals surface area contributed by atoms with Crippen molar-refractivity contribution in [3.8, 4) is 0 Å². The number of hydrogen-bond donors (Lipinski definition) is 2. The van der Waals surface area contributed by atoms with Crippen LogP contribution >= 0.6 is 0 Å². The van der Waals surface area contributed by atoms with Gasteiger partial charge in [-0.05, 0) is 6.54 Å². The molecule has 0 rings (SSSR count). The van der Waals surface area contributed by atoms with Crippen LogP contribution in [0.15, 0.2) is 0 Å². The van der Waals surface area contributed by atoms with Gasteiger partial charge in [0, 0.05) is 13.1 Å². The first-order valence-electron chi connectivity index (χ1n) is 12.7. The maximum Gasteiger partial charge on any atom is 0.00743 e. The Morgan fingerprint density at radius 3 is 0.630 bits per heavy atom. The van der Waals surface area contributed by atoms with E-state index in [2.05, 4.69) is 26.1 Å². The lowest BCUT2D eigenvalue weighted by Crippen LogP contribution is -2.21. The molecule has 0 radical (unpaired) electrons. The average molecular weight is 403 g/mol. The highest BCUT2D eigenvalue weighted by Crippen LogP contribution is 1.56. The van der Waals surface area contributed by atoms with Gasteiger partial charge in [-0.1, -0.05) is 152 Å². The summed E-state index contributed by atoms with van der Waals surface area (Å²) in [5.74, 6) is 0. The minimum absolute atomic E-state index is 0.744. The lowest BCUT2D eigenvalue weighted by atomic mass is 10.6. The smallest absolute Gasteiger partial charge is 0.00743 e. The fourth-order valence-corrected chi connectivity index (χ4v) is 0.279. The highest BCUT2D eigenvalue weighted by Gasteiger charge is 1.71. The van der Waals surface area contributed by atoms with Crippen molar-refractivity contribution >= 4 is 0 Å². The predicted octanol–water partition coefficient (Wildman–Crippen LogP) is 10.2. The molecule has 3 N–H and O–H groups in total. The van der Waals surface area contributed by atoms with E-state index in [1.54, 1.807) is 0 Å². The third-order valence-corrected chi connectivity index (χ3v) is 0.571. The van der Waals surface area contributed by atoms with E-state index in [4.69, 9.17) is 5.73 Å². The molecule has 0 aliphatic rings. The summed E-state index contributed by atoms with van der Waals surface area (Å²) in [5.41, 5.74) is 5.15. The number of nitrogens with two attached hydrogens (primary N) is 1. The largest absolute Gasteiger partial charge is 0.329 e. The summed E-state index contributed by atoms with van der Waals surface area (Å²) in [4.78, 5) is 0. The number of rotatable bonds is 3. The number of hydrogen-bond acceptors (Lipinski definition) is 2. The zero-order chi connectivity index (χ0) is 25.5. The Balaban J connectivity index is -0.0000000121. The number of likely N-dealkylation sites (N-methyl/N-ethyl adjacent to an activating group) is 1. The molecule has 0 bridgehead atoms. The van der Waals surface area contributed by atoms with Crippen LogP contribution in [0, 0.1) is 0 Å². The molecule has 0 aromatic rings. The molecule has 0 aromatic carbocycles. The molecule has 0 saturated carbocycles. The van der Waals surface area contributed by atoms with E-state index in [9.17, 15) is 0 Å². The van der Waals surface area contributed by atoms with E-state index < -0.39 is 0 Å². The van der Waals surface area contributed by atoms with Crippen LogP contribution in [0.1, 0.15) is 152 Å². The number of nitrogens with one attached hydrogen (secondary N) is 1. The minimum atomic E-state index is 0.744. The maximum absolute atomic E-state index is 5.15. The van der Waals surface area contributed by atoms with Gasteiger partial charge in [0.05, 0.1) is 0 Å². The quantitative estimate of drug-likeness (QED) is 0.460. The van der Waals surface area contributed by atoms with Gasteiger partial charge in [-0.15, -0.1) is 0 Å². The lowest BCUT2D eigenvalue weighted by molar-refractivity contribution is 0.725. The van der Waals surface area contributed by atoms with Gasteiger partial charge in [-0.25, -0.2) is 0 Å². The van der Waals surface area contributed by atoms with Crippen molar-refractivity contribution in [2.75, 3.05) is 19.6 Å². The SMILES string of the molecule is CC.CC.CC.CC.CC.CC.CC.CC.CC.CCC.CCNCCN. The summed E-state index contributed by atoms with van der Waals surface area (Å²) in [5, 5.41) is 3.07. The van der Waals surface area contributed by atoms with E-state index in [-0.39, 0.29) is 0 Å². The Hall–Kier alpha value is -0.0800. The van der Waals surface area contributed by atoms with Crippen LogP contribution in [0.4, 0.5) is 0 Å². The minimum Gasteiger partial charge on any atom is -0.329 e. The average Bonchev–Trinajstić information content (AvgIpc) is 2.85. The fourth-order valence-electron chi connectivity index (χ4n) is 0.279. The second kappa shape index (κ2) is 665. The monoisotopic (exact) mass is 403 g/mol. The van der Waals surface area contributed by atoms with Gasteiger partial charge in [0.1, 0.15) is 0 Å². The van der Waals surface area contributed by atoms with Crippen LogP contribution in [0.2, 0.25) is 0 Å². The first kappa shape index (κ1) is 71.4. The van der Waals surface area contributed by atoms with Crippen molar-refractivity contribution in [3.05, 3.63) is 0 Å². The predicted molar refractivity (Wildman–Crippen MR) is 146 cm³/mol. The van der Waals surface area contributed by atoms with Crippen molar-refractivity contribution in [3.63, 3.8) is 0 Å². The summed E-state index contributed by atoms with van der Waals surface area (Å²) in [6, 6.07) is 0. The lowest BCUT2D eigenvalue weighted by Gasteiger charge is -1.92. The van der Waals surface area contributed by atoms with Crippen molar-refractivity contribution in [1.82, 2.24) is 5.32 Å². The van der Waals surface area contributed by atoms with E-state index in [1.807, 2.05) is 125 Å². The summed E-state index contributed by atoms with van der Waals surface area (Å²) >= 11 is 0. The van der Waals surface area contributed by atoms with Crippen molar-refractivity contribution in [1.29, 1.82) is 0 Å². The molecule has 184 valence electrons. The molecule has 0 amide bonds. The standard InChI is InChI=1S/C4H12N2.C3H8.9C2H6/c1-2-6-4-3-5;1-3-2;9*1-2/h6H,2-5H2,1H3;3H2,1-2H3;9*1-2H3. The Labute approximate surface area is 182 Å². The summed E-state index contributed by atoms with van der Waals surface area (Å²) < 4.78 is 0. The van der Waals surface area contributed by atoms with E-state index in [0.29, 0.717) is 0 Å². The van der Waals surface area contributed by atoms with Crippen LogP contribution in [-0.4, -0.2) is 19.6 Å². The summed E-state index contributed by atoms with van der Waals surface area (Å²) in [7, 11) is 0. The zero-order valence-corrected chi connectivity index (χ0v) is 24.9. The van der Waals surface area contributed by atoms with Crippen LogP contribution < -0.4 is 11.1 Å². The normalized spacial score (nSPS) is 4.67. The third-order valence-electron chi connectivity index (χ3n) is 0.571. The van der Waals surface area contributed by atoms with E-state index >= 15 is 0 Å².